The largest absolute Gasteiger partial charge is 0.373 e. The Labute approximate surface area is 126 Å². The summed E-state index contributed by atoms with van der Waals surface area (Å²) in [6, 6.07) is 0. The molecule has 2 heteroatoms. The van der Waals surface area contributed by atoms with E-state index in [4.69, 9.17) is 4.74 Å². The average Bonchev–Trinajstić information content (AvgIpc) is 2.49. The molecule has 0 bridgehead atoms. The van der Waals surface area contributed by atoms with E-state index in [9.17, 15) is 0 Å². The van der Waals surface area contributed by atoms with Gasteiger partial charge in [-0.1, -0.05) is 39.0 Å². The Balaban J connectivity index is 1.79. The van der Waals surface area contributed by atoms with E-state index in [1.807, 2.05) is 0 Å². The zero-order valence-electron chi connectivity index (χ0n) is 13.8. The first-order valence-electron chi connectivity index (χ1n) is 9.06. The Kier molecular flexibility index (Phi) is 6.83. The fourth-order valence-electron chi connectivity index (χ4n) is 4.24. The molecule has 0 spiro atoms. The van der Waals surface area contributed by atoms with Crippen LogP contribution in [0.5, 0.6) is 0 Å². The van der Waals surface area contributed by atoms with E-state index < -0.39 is 0 Å². The van der Waals surface area contributed by atoms with Crippen molar-refractivity contribution in [2.45, 2.75) is 83.2 Å². The highest BCUT2D eigenvalue weighted by Crippen LogP contribution is 2.37. The zero-order valence-corrected chi connectivity index (χ0v) is 13.8. The van der Waals surface area contributed by atoms with Gasteiger partial charge in [-0.05, 0) is 57.4 Å². The van der Waals surface area contributed by atoms with E-state index in [2.05, 4.69) is 19.3 Å². The summed E-state index contributed by atoms with van der Waals surface area (Å²) in [6.07, 6.45) is 15.1. The van der Waals surface area contributed by atoms with Crippen molar-refractivity contribution in [2.24, 2.45) is 11.8 Å². The molecule has 2 aliphatic carbocycles. The van der Waals surface area contributed by atoms with Crippen LogP contribution in [0.15, 0.2) is 0 Å². The van der Waals surface area contributed by atoms with Gasteiger partial charge >= 0.3 is 0 Å². The van der Waals surface area contributed by atoms with Gasteiger partial charge in [0.1, 0.15) is 0 Å². The molecule has 2 nitrogen and oxygen atoms in total. The molecule has 0 heterocycles. The molecule has 2 aliphatic rings. The molecule has 0 aromatic carbocycles. The highest BCUT2D eigenvalue weighted by atomic mass is 16.5. The van der Waals surface area contributed by atoms with Crippen LogP contribution in [-0.4, -0.2) is 25.8 Å². The monoisotopic (exact) mass is 281 g/mol. The predicted molar refractivity (Wildman–Crippen MR) is 86.1 cm³/mol. The normalized spacial score (nSPS) is 32.4. The number of rotatable bonds is 7. The zero-order chi connectivity index (χ0) is 14.3. The fourth-order valence-corrected chi connectivity index (χ4v) is 4.24. The van der Waals surface area contributed by atoms with Crippen molar-refractivity contribution in [2.75, 3.05) is 20.2 Å². The molecule has 0 aromatic heterocycles. The Bertz CT molecular complexity index is 252. The highest BCUT2D eigenvalue weighted by Gasteiger charge is 2.36. The second kappa shape index (κ2) is 8.38. The molecule has 118 valence electrons. The minimum atomic E-state index is 0.149. The first-order valence-corrected chi connectivity index (χ1v) is 9.06. The van der Waals surface area contributed by atoms with Crippen LogP contribution in [0.3, 0.4) is 0 Å². The second-order valence-electron chi connectivity index (χ2n) is 7.26. The Hall–Kier alpha value is -0.0800. The van der Waals surface area contributed by atoms with E-state index in [1.165, 1.54) is 70.6 Å². The molecule has 2 fully saturated rings. The van der Waals surface area contributed by atoms with E-state index in [0.29, 0.717) is 0 Å². The summed E-state index contributed by atoms with van der Waals surface area (Å²) in [5.41, 5.74) is 0.149. The maximum Gasteiger partial charge on any atom is 0.0806 e. The molecule has 20 heavy (non-hydrogen) atoms. The van der Waals surface area contributed by atoms with Crippen molar-refractivity contribution in [3.05, 3.63) is 0 Å². The molecule has 0 aliphatic heterocycles. The quantitative estimate of drug-likeness (QED) is 0.740. The van der Waals surface area contributed by atoms with Crippen molar-refractivity contribution in [1.29, 1.82) is 0 Å². The third-order valence-corrected chi connectivity index (χ3v) is 5.56. The third kappa shape index (κ3) is 4.73. The Morgan fingerprint density at radius 2 is 1.70 bits per heavy atom. The van der Waals surface area contributed by atoms with Gasteiger partial charge in [-0.2, -0.15) is 0 Å². The summed E-state index contributed by atoms with van der Waals surface area (Å²) in [7, 11) is 2.07. The molecular weight excluding hydrogens is 246 g/mol. The van der Waals surface area contributed by atoms with Gasteiger partial charge in [-0.3, -0.25) is 0 Å². The minimum Gasteiger partial charge on any atom is -0.373 e. The Morgan fingerprint density at radius 1 is 1.00 bits per heavy atom. The molecule has 1 N–H and O–H groups in total. The van der Waals surface area contributed by atoms with Crippen molar-refractivity contribution >= 4 is 0 Å². The third-order valence-electron chi connectivity index (χ3n) is 5.56. The topological polar surface area (TPSA) is 21.3 Å². The smallest absolute Gasteiger partial charge is 0.0806 e. The van der Waals surface area contributed by atoms with Gasteiger partial charge < -0.3 is 10.1 Å². The molecule has 0 amide bonds. The standard InChI is InChI=1S/C18H35NO/c1-3-7-16-10-12-18(13-11-16,15-19-2)20-14-17-8-5-4-6-9-17/h16-17,19H,3-15H2,1-2H3. The fraction of sp³-hybridized carbons (Fsp3) is 1.00. The van der Waals surface area contributed by atoms with Gasteiger partial charge in [0.2, 0.25) is 0 Å². The summed E-state index contributed by atoms with van der Waals surface area (Å²) in [6.45, 7) is 4.37. The number of ether oxygens (including phenoxy) is 1. The molecule has 2 saturated carbocycles. The van der Waals surface area contributed by atoms with E-state index in [-0.39, 0.29) is 5.60 Å². The molecule has 0 aromatic rings. The highest BCUT2D eigenvalue weighted by molar-refractivity contribution is 4.89. The van der Waals surface area contributed by atoms with Crippen LogP contribution in [-0.2, 0) is 4.74 Å². The SMILES string of the molecule is CCCC1CCC(CNC)(OCC2CCCCC2)CC1. The minimum absolute atomic E-state index is 0.149. The molecule has 2 rings (SSSR count). The lowest BCUT2D eigenvalue weighted by molar-refractivity contribution is -0.0914. The summed E-state index contributed by atoms with van der Waals surface area (Å²) in [5, 5.41) is 3.39. The molecular formula is C18H35NO. The van der Waals surface area contributed by atoms with Crippen LogP contribution in [0.4, 0.5) is 0 Å². The summed E-state index contributed by atoms with van der Waals surface area (Å²) in [5.74, 6) is 1.80. The van der Waals surface area contributed by atoms with Crippen LogP contribution in [0.1, 0.15) is 77.6 Å². The van der Waals surface area contributed by atoms with E-state index in [1.54, 1.807) is 0 Å². The molecule has 0 atom stereocenters. The van der Waals surface area contributed by atoms with Crippen molar-refractivity contribution < 1.29 is 4.74 Å². The van der Waals surface area contributed by atoms with E-state index in [0.717, 1.165) is 25.0 Å². The first kappa shape index (κ1) is 16.3. The predicted octanol–water partition coefficient (Wildman–Crippen LogP) is 4.53. The number of nitrogens with one attached hydrogen (secondary N) is 1. The lowest BCUT2D eigenvalue weighted by Crippen LogP contribution is -2.46. The van der Waals surface area contributed by atoms with Gasteiger partial charge in [0.05, 0.1) is 12.2 Å². The maximum atomic E-state index is 6.51. The number of hydrogen-bond acceptors (Lipinski definition) is 2. The summed E-state index contributed by atoms with van der Waals surface area (Å²) in [4.78, 5) is 0. The molecule has 0 saturated heterocycles. The van der Waals surface area contributed by atoms with Crippen LogP contribution in [0.2, 0.25) is 0 Å². The average molecular weight is 281 g/mol. The van der Waals surface area contributed by atoms with Crippen molar-refractivity contribution in [3.63, 3.8) is 0 Å². The van der Waals surface area contributed by atoms with E-state index >= 15 is 0 Å². The van der Waals surface area contributed by atoms with Crippen molar-refractivity contribution in [1.82, 2.24) is 5.32 Å². The summed E-state index contributed by atoms with van der Waals surface area (Å²) < 4.78 is 6.51. The lowest BCUT2D eigenvalue weighted by atomic mass is 9.77. The first-order chi connectivity index (χ1) is 9.78. The molecule has 0 radical (unpaired) electrons. The number of hydrogen-bond donors (Lipinski definition) is 1. The number of likely N-dealkylation sites (N-methyl/N-ethyl adjacent to an activating group) is 1. The van der Waals surface area contributed by atoms with Crippen LogP contribution >= 0.6 is 0 Å². The van der Waals surface area contributed by atoms with Gasteiger partial charge in [0, 0.05) is 6.54 Å². The van der Waals surface area contributed by atoms with Gasteiger partial charge in [0.15, 0.2) is 0 Å². The van der Waals surface area contributed by atoms with Gasteiger partial charge in [0.25, 0.3) is 0 Å². The van der Waals surface area contributed by atoms with Gasteiger partial charge in [-0.25, -0.2) is 0 Å². The van der Waals surface area contributed by atoms with Gasteiger partial charge in [-0.15, -0.1) is 0 Å². The van der Waals surface area contributed by atoms with Crippen molar-refractivity contribution in [3.8, 4) is 0 Å². The molecule has 0 unspecified atom stereocenters. The second-order valence-corrected chi connectivity index (χ2v) is 7.26. The Morgan fingerprint density at radius 3 is 2.30 bits per heavy atom. The van der Waals surface area contributed by atoms with Crippen LogP contribution in [0, 0.1) is 11.8 Å². The maximum absolute atomic E-state index is 6.51. The van der Waals surface area contributed by atoms with Crippen LogP contribution in [0.25, 0.3) is 0 Å². The lowest BCUT2D eigenvalue weighted by Gasteiger charge is -2.41. The summed E-state index contributed by atoms with van der Waals surface area (Å²) >= 11 is 0. The van der Waals surface area contributed by atoms with Crippen LogP contribution < -0.4 is 5.32 Å².